The molecule has 2 amide bonds. The molecule has 5 nitrogen and oxygen atoms in total. The van der Waals surface area contributed by atoms with Gasteiger partial charge in [-0.2, -0.15) is 5.10 Å². The second-order valence-corrected chi connectivity index (χ2v) is 6.44. The molecule has 0 atom stereocenters. The summed E-state index contributed by atoms with van der Waals surface area (Å²) in [6, 6.07) is 11.6. The second kappa shape index (κ2) is 9.94. The Labute approximate surface area is 162 Å². The van der Waals surface area contributed by atoms with Crippen LogP contribution in [0.1, 0.15) is 42.1 Å². The molecule has 0 spiro atoms. The minimum atomic E-state index is -0.366. The molecule has 0 saturated carbocycles. The van der Waals surface area contributed by atoms with Gasteiger partial charge < -0.3 is 5.32 Å². The Bertz CT molecular complexity index is 805. The van der Waals surface area contributed by atoms with Gasteiger partial charge in [0.15, 0.2) is 0 Å². The highest BCUT2D eigenvalue weighted by Gasteiger charge is 2.06. The number of benzene rings is 2. The van der Waals surface area contributed by atoms with Crippen LogP contribution >= 0.6 is 23.2 Å². The molecule has 7 heteroatoms. The highest BCUT2D eigenvalue weighted by molar-refractivity contribution is 6.36. The molecule has 0 fully saturated rings. The summed E-state index contributed by atoms with van der Waals surface area (Å²) >= 11 is 11.9. The van der Waals surface area contributed by atoms with Crippen LogP contribution in [-0.2, 0) is 4.79 Å². The van der Waals surface area contributed by atoms with Crippen LogP contribution in [0, 0.1) is 0 Å². The molecular weight excluding hydrogens is 373 g/mol. The molecule has 2 aromatic carbocycles. The third kappa shape index (κ3) is 6.17. The van der Waals surface area contributed by atoms with Gasteiger partial charge in [0, 0.05) is 28.3 Å². The number of rotatable bonds is 7. The van der Waals surface area contributed by atoms with Gasteiger partial charge in [0.1, 0.15) is 0 Å². The second-order valence-electron chi connectivity index (χ2n) is 5.59. The normalized spacial score (nSPS) is 10.7. The highest BCUT2D eigenvalue weighted by atomic mass is 35.5. The van der Waals surface area contributed by atoms with E-state index in [1.807, 2.05) is 6.92 Å². The maximum absolute atomic E-state index is 12.1. The number of hydrogen-bond acceptors (Lipinski definition) is 3. The van der Waals surface area contributed by atoms with Crippen LogP contribution in [-0.4, -0.2) is 18.0 Å². The minimum absolute atomic E-state index is 0.0338. The lowest BCUT2D eigenvalue weighted by Crippen LogP contribution is -2.17. The van der Waals surface area contributed by atoms with Crippen LogP contribution in [0.25, 0.3) is 0 Å². The van der Waals surface area contributed by atoms with Gasteiger partial charge in [-0.15, -0.1) is 0 Å². The Kier molecular flexibility index (Phi) is 7.63. The first kappa shape index (κ1) is 19.9. The number of amides is 2. The molecule has 0 bridgehead atoms. The van der Waals surface area contributed by atoms with Crippen LogP contribution in [0.15, 0.2) is 47.6 Å². The lowest BCUT2D eigenvalue weighted by molar-refractivity contribution is -0.116. The SMILES string of the molecule is CCCCC(=O)Nc1ccc(C(=O)NN=Cc2ccc(Cl)cc2Cl)cc1. The van der Waals surface area contributed by atoms with E-state index < -0.39 is 0 Å². The summed E-state index contributed by atoms with van der Waals surface area (Å²) in [5, 5.41) is 7.65. The molecular formula is C19H19Cl2N3O2. The summed E-state index contributed by atoms with van der Waals surface area (Å²) in [5.41, 5.74) is 4.15. The predicted octanol–water partition coefficient (Wildman–Crippen LogP) is 4.89. The van der Waals surface area contributed by atoms with Crippen molar-refractivity contribution in [1.29, 1.82) is 0 Å². The van der Waals surface area contributed by atoms with Crippen molar-refractivity contribution in [3.63, 3.8) is 0 Å². The van der Waals surface area contributed by atoms with E-state index in [9.17, 15) is 9.59 Å². The zero-order chi connectivity index (χ0) is 18.9. The first-order valence-corrected chi connectivity index (χ1v) is 8.93. The van der Waals surface area contributed by atoms with Gasteiger partial charge in [0.2, 0.25) is 5.91 Å². The number of carbonyl (C=O) groups excluding carboxylic acids is 2. The summed E-state index contributed by atoms with van der Waals surface area (Å²) in [5.74, 6) is -0.399. The maximum Gasteiger partial charge on any atom is 0.271 e. The van der Waals surface area contributed by atoms with E-state index in [1.54, 1.807) is 42.5 Å². The van der Waals surface area contributed by atoms with Crippen LogP contribution in [0.4, 0.5) is 5.69 Å². The minimum Gasteiger partial charge on any atom is -0.326 e. The third-order valence-electron chi connectivity index (χ3n) is 3.52. The van der Waals surface area contributed by atoms with Crippen molar-refractivity contribution in [2.24, 2.45) is 5.10 Å². The van der Waals surface area contributed by atoms with Crippen LogP contribution in [0.5, 0.6) is 0 Å². The van der Waals surface area contributed by atoms with Gasteiger partial charge in [0.25, 0.3) is 5.91 Å². The number of unbranched alkanes of at least 4 members (excludes halogenated alkanes) is 1. The average Bonchev–Trinajstić information content (AvgIpc) is 2.62. The largest absolute Gasteiger partial charge is 0.326 e. The molecule has 0 aliphatic carbocycles. The van der Waals surface area contributed by atoms with Crippen molar-refractivity contribution in [3.05, 3.63) is 63.6 Å². The van der Waals surface area contributed by atoms with Gasteiger partial charge in [-0.3, -0.25) is 9.59 Å². The topological polar surface area (TPSA) is 70.6 Å². The maximum atomic E-state index is 12.1. The number of hydrogen-bond donors (Lipinski definition) is 2. The van der Waals surface area contributed by atoms with Crippen molar-refractivity contribution in [3.8, 4) is 0 Å². The lowest BCUT2D eigenvalue weighted by atomic mass is 10.2. The molecule has 136 valence electrons. The lowest BCUT2D eigenvalue weighted by Gasteiger charge is -2.06. The summed E-state index contributed by atoms with van der Waals surface area (Å²) in [6.07, 6.45) is 3.75. The van der Waals surface area contributed by atoms with Gasteiger partial charge in [0.05, 0.1) is 11.2 Å². The highest BCUT2D eigenvalue weighted by Crippen LogP contribution is 2.19. The Hall–Kier alpha value is -2.37. The number of hydrazone groups is 1. The first-order chi connectivity index (χ1) is 12.5. The molecule has 0 unspecified atom stereocenters. The Balaban J connectivity index is 1.91. The average molecular weight is 392 g/mol. The van der Waals surface area contributed by atoms with Gasteiger partial charge in [-0.25, -0.2) is 5.43 Å². The molecule has 0 aromatic heterocycles. The molecule has 0 heterocycles. The number of nitrogens with zero attached hydrogens (tertiary/aromatic N) is 1. The van der Waals surface area contributed by atoms with Crippen molar-refractivity contribution < 1.29 is 9.59 Å². The van der Waals surface area contributed by atoms with Gasteiger partial charge in [-0.1, -0.05) is 42.6 Å². The van der Waals surface area contributed by atoms with E-state index in [4.69, 9.17) is 23.2 Å². The fourth-order valence-corrected chi connectivity index (χ4v) is 2.55. The molecule has 0 radical (unpaired) electrons. The molecule has 0 aliphatic rings. The molecule has 0 aliphatic heterocycles. The number of carbonyl (C=O) groups is 2. The van der Waals surface area contributed by atoms with Gasteiger partial charge in [-0.05, 0) is 42.8 Å². The molecule has 0 saturated heterocycles. The Morgan fingerprint density at radius 2 is 1.85 bits per heavy atom. The zero-order valence-electron chi connectivity index (χ0n) is 14.3. The van der Waals surface area contributed by atoms with E-state index in [1.165, 1.54) is 6.21 Å². The van der Waals surface area contributed by atoms with Crippen LogP contribution in [0.3, 0.4) is 0 Å². The smallest absolute Gasteiger partial charge is 0.271 e. The van der Waals surface area contributed by atoms with Crippen molar-refractivity contribution in [2.45, 2.75) is 26.2 Å². The van der Waals surface area contributed by atoms with E-state index in [0.717, 1.165) is 12.8 Å². The number of nitrogens with one attached hydrogen (secondary N) is 2. The summed E-state index contributed by atoms with van der Waals surface area (Å²) in [4.78, 5) is 23.8. The number of halogens is 2. The van der Waals surface area contributed by atoms with E-state index in [-0.39, 0.29) is 11.8 Å². The molecule has 2 rings (SSSR count). The fourth-order valence-electron chi connectivity index (χ4n) is 2.10. The third-order valence-corrected chi connectivity index (χ3v) is 4.08. The van der Waals surface area contributed by atoms with E-state index in [2.05, 4.69) is 15.8 Å². The van der Waals surface area contributed by atoms with E-state index in [0.29, 0.717) is 33.3 Å². The van der Waals surface area contributed by atoms with Crippen LogP contribution in [0.2, 0.25) is 10.0 Å². The summed E-state index contributed by atoms with van der Waals surface area (Å²) in [6.45, 7) is 2.03. The van der Waals surface area contributed by atoms with Crippen molar-refractivity contribution in [2.75, 3.05) is 5.32 Å². The Morgan fingerprint density at radius 3 is 2.50 bits per heavy atom. The molecule has 26 heavy (non-hydrogen) atoms. The fraction of sp³-hybridized carbons (Fsp3) is 0.211. The van der Waals surface area contributed by atoms with Gasteiger partial charge >= 0.3 is 0 Å². The molecule has 2 N–H and O–H groups in total. The van der Waals surface area contributed by atoms with E-state index >= 15 is 0 Å². The standard InChI is InChI=1S/C19H19Cl2N3O2/c1-2-3-4-18(25)23-16-9-6-13(7-10-16)19(26)24-22-12-14-5-8-15(20)11-17(14)21/h5-12H,2-4H2,1H3,(H,23,25)(H,24,26). The summed E-state index contributed by atoms with van der Waals surface area (Å²) < 4.78 is 0. The van der Waals surface area contributed by atoms with Crippen molar-refractivity contribution >= 4 is 46.9 Å². The predicted molar refractivity (Wildman–Crippen MR) is 106 cm³/mol. The van der Waals surface area contributed by atoms with Crippen LogP contribution < -0.4 is 10.7 Å². The quantitative estimate of drug-likeness (QED) is 0.521. The van der Waals surface area contributed by atoms with Crippen molar-refractivity contribution in [1.82, 2.24) is 5.43 Å². The zero-order valence-corrected chi connectivity index (χ0v) is 15.8. The Morgan fingerprint density at radius 1 is 1.12 bits per heavy atom. The number of anilines is 1. The first-order valence-electron chi connectivity index (χ1n) is 8.18. The summed E-state index contributed by atoms with van der Waals surface area (Å²) in [7, 11) is 0. The molecule has 2 aromatic rings. The monoisotopic (exact) mass is 391 g/mol.